The Labute approximate surface area is 471 Å². The molecule has 1 atom stereocenters. The molecule has 0 radical (unpaired) electrons. The highest BCUT2D eigenvalue weighted by molar-refractivity contribution is 5.71. The summed E-state index contributed by atoms with van der Waals surface area (Å²) in [5, 5.41) is 0. The number of carbonyl (C=O) groups is 3. The van der Waals surface area contributed by atoms with Gasteiger partial charge in [-0.1, -0.05) is 273 Å². The summed E-state index contributed by atoms with van der Waals surface area (Å²) in [6.45, 7) is 6.51. The van der Waals surface area contributed by atoms with E-state index in [1.54, 1.807) is 0 Å². The molecular formula is C70H122O6. The highest BCUT2D eigenvalue weighted by Crippen LogP contribution is 2.16. The maximum Gasteiger partial charge on any atom is 0.306 e. The predicted molar refractivity (Wildman–Crippen MR) is 330 cm³/mol. The van der Waals surface area contributed by atoms with Crippen molar-refractivity contribution in [3.8, 4) is 0 Å². The summed E-state index contributed by atoms with van der Waals surface area (Å²) in [7, 11) is 0. The summed E-state index contributed by atoms with van der Waals surface area (Å²) >= 11 is 0. The molecule has 0 bridgehead atoms. The lowest BCUT2D eigenvalue weighted by Gasteiger charge is -2.18. The van der Waals surface area contributed by atoms with Crippen LogP contribution in [0.2, 0.25) is 0 Å². The second-order valence-electron chi connectivity index (χ2n) is 21.6. The van der Waals surface area contributed by atoms with Crippen molar-refractivity contribution in [3.05, 3.63) is 85.1 Å². The van der Waals surface area contributed by atoms with Crippen LogP contribution >= 0.6 is 0 Å². The van der Waals surface area contributed by atoms with Gasteiger partial charge in [0.25, 0.3) is 0 Å². The van der Waals surface area contributed by atoms with E-state index in [2.05, 4.69) is 106 Å². The van der Waals surface area contributed by atoms with E-state index in [9.17, 15) is 14.4 Å². The minimum Gasteiger partial charge on any atom is -0.462 e. The number of rotatable bonds is 59. The van der Waals surface area contributed by atoms with Crippen molar-refractivity contribution in [1.29, 1.82) is 0 Å². The molecule has 0 rings (SSSR count). The lowest BCUT2D eigenvalue weighted by Crippen LogP contribution is -2.30. The Morgan fingerprint density at radius 2 is 0.513 bits per heavy atom. The zero-order valence-electron chi connectivity index (χ0n) is 50.3. The molecule has 0 aromatic carbocycles. The average molecular weight is 1060 g/mol. The molecular weight excluding hydrogens is 937 g/mol. The zero-order chi connectivity index (χ0) is 55.0. The van der Waals surface area contributed by atoms with Crippen molar-refractivity contribution in [2.45, 2.75) is 329 Å². The predicted octanol–water partition coefficient (Wildman–Crippen LogP) is 22.3. The first-order chi connectivity index (χ1) is 37.5. The Balaban J connectivity index is 4.18. The topological polar surface area (TPSA) is 78.9 Å². The standard InChI is InChI=1S/C70H122O6/c1-4-7-10-13-16-19-22-25-27-28-29-30-31-32-33-34-35-36-37-38-39-40-41-42-44-45-48-51-54-57-60-63-69(72)75-66-67(65-74-68(71)62-59-56-53-50-47-24-21-18-15-12-9-6-3)76-70(73)64-61-58-55-52-49-46-43-26-23-20-17-14-11-8-5-2/h7,10,16,18-19,21,25-27,29-30,32-33,43,67H,4-6,8-9,11-15,17,20,22-24,28,31,34-42,44-66H2,1-3H3/b10-7-,19-16-,21-18-,27-25-,30-29-,33-32-,43-26-. The normalized spacial score (nSPS) is 12.6. The largest absolute Gasteiger partial charge is 0.462 e. The Morgan fingerprint density at radius 1 is 0.276 bits per heavy atom. The zero-order valence-corrected chi connectivity index (χ0v) is 50.3. The summed E-state index contributed by atoms with van der Waals surface area (Å²) in [5.74, 6) is -0.885. The van der Waals surface area contributed by atoms with Gasteiger partial charge in [0, 0.05) is 19.3 Å². The minimum atomic E-state index is -0.783. The van der Waals surface area contributed by atoms with Crippen molar-refractivity contribution in [2.24, 2.45) is 0 Å². The summed E-state index contributed by atoms with van der Waals surface area (Å²) in [6, 6.07) is 0. The van der Waals surface area contributed by atoms with E-state index in [0.717, 1.165) is 109 Å². The lowest BCUT2D eigenvalue weighted by atomic mass is 10.0. The Morgan fingerprint density at radius 3 is 0.842 bits per heavy atom. The molecule has 0 aromatic heterocycles. The summed E-state index contributed by atoms with van der Waals surface area (Å²) in [6.07, 6.45) is 84.6. The summed E-state index contributed by atoms with van der Waals surface area (Å²) in [4.78, 5) is 38.2. The van der Waals surface area contributed by atoms with Crippen molar-refractivity contribution in [2.75, 3.05) is 13.2 Å². The van der Waals surface area contributed by atoms with Crippen LogP contribution in [0.5, 0.6) is 0 Å². The highest BCUT2D eigenvalue weighted by Gasteiger charge is 2.19. The van der Waals surface area contributed by atoms with E-state index in [1.807, 2.05) is 0 Å². The van der Waals surface area contributed by atoms with Gasteiger partial charge in [-0.3, -0.25) is 14.4 Å². The third-order valence-corrected chi connectivity index (χ3v) is 14.1. The van der Waals surface area contributed by atoms with E-state index < -0.39 is 6.10 Å². The van der Waals surface area contributed by atoms with Gasteiger partial charge in [0.15, 0.2) is 6.10 Å². The number of ether oxygens (including phenoxy) is 3. The molecule has 0 fully saturated rings. The molecule has 0 spiro atoms. The van der Waals surface area contributed by atoms with E-state index in [1.165, 1.54) is 173 Å². The summed E-state index contributed by atoms with van der Waals surface area (Å²) < 4.78 is 16.9. The first kappa shape index (κ1) is 72.6. The van der Waals surface area contributed by atoms with Gasteiger partial charge in [-0.2, -0.15) is 0 Å². The Hall–Kier alpha value is -3.41. The van der Waals surface area contributed by atoms with Crippen LogP contribution in [0.25, 0.3) is 0 Å². The van der Waals surface area contributed by atoms with Gasteiger partial charge in [0.1, 0.15) is 13.2 Å². The van der Waals surface area contributed by atoms with Crippen LogP contribution in [-0.4, -0.2) is 37.2 Å². The molecule has 6 heteroatoms. The second kappa shape index (κ2) is 64.1. The fraction of sp³-hybridized carbons (Fsp3) is 0.757. The third-order valence-electron chi connectivity index (χ3n) is 14.1. The molecule has 1 unspecified atom stereocenters. The molecule has 0 aliphatic carbocycles. The average Bonchev–Trinajstić information content (AvgIpc) is 3.42. The van der Waals surface area contributed by atoms with Gasteiger partial charge < -0.3 is 14.2 Å². The monoisotopic (exact) mass is 1060 g/mol. The number of esters is 3. The SMILES string of the molecule is CC/C=C\C/C=C\C/C=C\C/C=C\C/C=C\CCCCCCCCCCCCCCCCCC(=O)OCC(COC(=O)CCCCCCC/C=C\CCCCC)OC(=O)CCCCCCC/C=C\CCCCCCCC. The van der Waals surface area contributed by atoms with Gasteiger partial charge in [0.05, 0.1) is 0 Å². The number of hydrogen-bond donors (Lipinski definition) is 0. The van der Waals surface area contributed by atoms with E-state index in [4.69, 9.17) is 14.2 Å². The molecule has 0 saturated carbocycles. The number of hydrogen-bond acceptors (Lipinski definition) is 6. The Kier molecular flexibility index (Phi) is 61.2. The van der Waals surface area contributed by atoms with Gasteiger partial charge in [-0.15, -0.1) is 0 Å². The van der Waals surface area contributed by atoms with Crippen LogP contribution in [0, 0.1) is 0 Å². The summed E-state index contributed by atoms with van der Waals surface area (Å²) in [5.41, 5.74) is 0. The van der Waals surface area contributed by atoms with Gasteiger partial charge in [0.2, 0.25) is 0 Å². The number of carbonyl (C=O) groups excluding carboxylic acids is 3. The van der Waals surface area contributed by atoms with Crippen LogP contribution in [-0.2, 0) is 28.6 Å². The smallest absolute Gasteiger partial charge is 0.306 e. The first-order valence-electron chi connectivity index (χ1n) is 32.6. The third kappa shape index (κ3) is 61.4. The first-order valence-corrected chi connectivity index (χ1v) is 32.6. The van der Waals surface area contributed by atoms with E-state index in [0.29, 0.717) is 19.3 Å². The molecule has 0 amide bonds. The molecule has 76 heavy (non-hydrogen) atoms. The van der Waals surface area contributed by atoms with Crippen molar-refractivity contribution >= 4 is 17.9 Å². The van der Waals surface area contributed by atoms with E-state index in [-0.39, 0.29) is 31.1 Å². The molecule has 0 aliphatic rings. The molecule has 0 heterocycles. The maximum absolute atomic E-state index is 12.9. The number of allylic oxidation sites excluding steroid dienone is 14. The molecule has 0 aromatic rings. The minimum absolute atomic E-state index is 0.0797. The highest BCUT2D eigenvalue weighted by atomic mass is 16.6. The van der Waals surface area contributed by atoms with Gasteiger partial charge in [-0.05, 0) is 116 Å². The van der Waals surface area contributed by atoms with Crippen molar-refractivity contribution < 1.29 is 28.6 Å². The fourth-order valence-electron chi connectivity index (χ4n) is 9.23. The Bertz CT molecular complexity index is 1450. The molecule has 6 nitrogen and oxygen atoms in total. The van der Waals surface area contributed by atoms with Crippen LogP contribution < -0.4 is 0 Å². The van der Waals surface area contributed by atoms with Crippen molar-refractivity contribution in [3.63, 3.8) is 0 Å². The quantitative estimate of drug-likeness (QED) is 0.0261. The van der Waals surface area contributed by atoms with Crippen LogP contribution in [0.15, 0.2) is 85.1 Å². The van der Waals surface area contributed by atoms with Gasteiger partial charge >= 0.3 is 17.9 Å². The van der Waals surface area contributed by atoms with Crippen LogP contribution in [0.1, 0.15) is 323 Å². The molecule has 0 N–H and O–H groups in total. The molecule has 438 valence electrons. The number of unbranched alkanes of at least 4 members (excludes halogenated alkanes) is 34. The van der Waals surface area contributed by atoms with Crippen LogP contribution in [0.4, 0.5) is 0 Å². The molecule has 0 saturated heterocycles. The maximum atomic E-state index is 12.9. The van der Waals surface area contributed by atoms with Gasteiger partial charge in [-0.25, -0.2) is 0 Å². The molecule has 0 aliphatic heterocycles. The van der Waals surface area contributed by atoms with E-state index >= 15 is 0 Å². The van der Waals surface area contributed by atoms with Crippen molar-refractivity contribution in [1.82, 2.24) is 0 Å². The second-order valence-corrected chi connectivity index (χ2v) is 21.6. The fourth-order valence-corrected chi connectivity index (χ4v) is 9.23. The lowest BCUT2D eigenvalue weighted by molar-refractivity contribution is -0.167. The van der Waals surface area contributed by atoms with Crippen LogP contribution in [0.3, 0.4) is 0 Å².